The molecule has 0 aromatic carbocycles. The van der Waals surface area contributed by atoms with Crippen LogP contribution in [0.25, 0.3) is 0 Å². The highest BCUT2D eigenvalue weighted by Crippen LogP contribution is 2.27. The lowest BCUT2D eigenvalue weighted by Gasteiger charge is -2.16. The second-order valence-electron chi connectivity index (χ2n) is 5.91. The lowest BCUT2D eigenvalue weighted by molar-refractivity contribution is 0.529. The predicted octanol–water partition coefficient (Wildman–Crippen LogP) is 3.58. The molecule has 0 aliphatic rings. The molecule has 110 valence electrons. The first-order valence-electron chi connectivity index (χ1n) is 6.96. The van der Waals surface area contributed by atoms with Crippen LogP contribution in [0.3, 0.4) is 0 Å². The summed E-state index contributed by atoms with van der Waals surface area (Å²) in [5.74, 6) is 0. The van der Waals surface area contributed by atoms with Crippen LogP contribution >= 0.6 is 22.9 Å². The SMILES string of the molecule is CCCNC(Cc1nc(C(C)(C)C)cs1)c1cnns1. The zero-order valence-electron chi connectivity index (χ0n) is 12.5. The Bertz CT molecular complexity index is 514. The normalized spacial score (nSPS) is 13.6. The fraction of sp³-hybridized carbons (Fsp3) is 0.643. The fourth-order valence-electron chi connectivity index (χ4n) is 1.84. The van der Waals surface area contributed by atoms with Crippen molar-refractivity contribution >= 4 is 22.9 Å². The molecule has 1 unspecified atom stereocenters. The van der Waals surface area contributed by atoms with E-state index in [9.17, 15) is 0 Å². The van der Waals surface area contributed by atoms with Crippen molar-refractivity contribution in [2.45, 2.75) is 52.0 Å². The molecule has 2 rings (SSSR count). The standard InChI is InChI=1S/C14H22N4S2/c1-5-6-15-10(11-8-16-18-20-11)7-13-17-12(9-19-13)14(2,3)4/h8-10,15H,5-7H2,1-4H3. The highest BCUT2D eigenvalue weighted by Gasteiger charge is 2.20. The van der Waals surface area contributed by atoms with Crippen LogP contribution in [-0.2, 0) is 11.8 Å². The quantitative estimate of drug-likeness (QED) is 0.886. The van der Waals surface area contributed by atoms with Crippen LogP contribution in [0.2, 0.25) is 0 Å². The van der Waals surface area contributed by atoms with Crippen molar-refractivity contribution in [1.82, 2.24) is 19.9 Å². The van der Waals surface area contributed by atoms with Gasteiger partial charge in [-0.15, -0.1) is 16.4 Å². The first-order chi connectivity index (χ1) is 9.50. The Morgan fingerprint density at radius 1 is 1.35 bits per heavy atom. The molecule has 20 heavy (non-hydrogen) atoms. The lowest BCUT2D eigenvalue weighted by atomic mass is 9.93. The van der Waals surface area contributed by atoms with Crippen molar-refractivity contribution in [3.63, 3.8) is 0 Å². The molecule has 0 fully saturated rings. The molecule has 0 bridgehead atoms. The monoisotopic (exact) mass is 310 g/mol. The van der Waals surface area contributed by atoms with Crippen LogP contribution in [0.15, 0.2) is 11.6 Å². The van der Waals surface area contributed by atoms with Gasteiger partial charge in [0.15, 0.2) is 0 Å². The number of hydrogen-bond acceptors (Lipinski definition) is 6. The second kappa shape index (κ2) is 6.74. The van der Waals surface area contributed by atoms with Crippen molar-refractivity contribution in [3.8, 4) is 0 Å². The van der Waals surface area contributed by atoms with E-state index in [4.69, 9.17) is 4.98 Å². The second-order valence-corrected chi connectivity index (χ2v) is 7.67. The van der Waals surface area contributed by atoms with E-state index >= 15 is 0 Å². The fourth-order valence-corrected chi connectivity index (χ4v) is 3.49. The van der Waals surface area contributed by atoms with Gasteiger partial charge in [0.25, 0.3) is 0 Å². The van der Waals surface area contributed by atoms with Crippen molar-refractivity contribution in [2.24, 2.45) is 0 Å². The third-order valence-electron chi connectivity index (χ3n) is 3.06. The van der Waals surface area contributed by atoms with Crippen LogP contribution in [-0.4, -0.2) is 21.1 Å². The maximum atomic E-state index is 4.78. The maximum Gasteiger partial charge on any atom is 0.0947 e. The molecule has 0 amide bonds. The number of hydrogen-bond donors (Lipinski definition) is 1. The van der Waals surface area contributed by atoms with Gasteiger partial charge in [0.1, 0.15) is 0 Å². The Balaban J connectivity index is 2.09. The summed E-state index contributed by atoms with van der Waals surface area (Å²) in [5.41, 5.74) is 1.29. The van der Waals surface area contributed by atoms with Crippen molar-refractivity contribution in [2.75, 3.05) is 6.54 Å². The number of nitrogens with one attached hydrogen (secondary N) is 1. The van der Waals surface area contributed by atoms with E-state index < -0.39 is 0 Å². The third kappa shape index (κ3) is 4.07. The van der Waals surface area contributed by atoms with Gasteiger partial charge in [0.05, 0.1) is 27.8 Å². The van der Waals surface area contributed by atoms with E-state index in [0.717, 1.165) is 19.4 Å². The van der Waals surface area contributed by atoms with Gasteiger partial charge in [0, 0.05) is 17.2 Å². The Labute approximate surface area is 128 Å². The summed E-state index contributed by atoms with van der Waals surface area (Å²) in [4.78, 5) is 5.97. The van der Waals surface area contributed by atoms with E-state index in [-0.39, 0.29) is 11.5 Å². The van der Waals surface area contributed by atoms with Gasteiger partial charge in [-0.1, -0.05) is 32.2 Å². The van der Waals surface area contributed by atoms with Crippen LogP contribution in [0, 0.1) is 0 Å². The van der Waals surface area contributed by atoms with E-state index in [1.54, 1.807) is 11.3 Å². The molecular formula is C14H22N4S2. The molecule has 1 atom stereocenters. The van der Waals surface area contributed by atoms with Gasteiger partial charge in [0.2, 0.25) is 0 Å². The van der Waals surface area contributed by atoms with Gasteiger partial charge >= 0.3 is 0 Å². The lowest BCUT2D eigenvalue weighted by Crippen LogP contribution is -2.23. The van der Waals surface area contributed by atoms with Crippen LogP contribution < -0.4 is 5.32 Å². The number of aromatic nitrogens is 3. The van der Waals surface area contributed by atoms with E-state index in [0.29, 0.717) is 0 Å². The Kier molecular flexibility index (Phi) is 5.23. The Morgan fingerprint density at radius 2 is 2.15 bits per heavy atom. The van der Waals surface area contributed by atoms with Gasteiger partial charge < -0.3 is 5.32 Å². The Hall–Kier alpha value is -0.850. The average Bonchev–Trinajstić information content (AvgIpc) is 3.04. The summed E-state index contributed by atoms with van der Waals surface area (Å²) < 4.78 is 3.97. The van der Waals surface area contributed by atoms with E-state index in [1.165, 1.54) is 27.1 Å². The molecule has 0 radical (unpaired) electrons. The minimum Gasteiger partial charge on any atom is -0.309 e. The van der Waals surface area contributed by atoms with Crippen LogP contribution in [0.4, 0.5) is 0 Å². The summed E-state index contributed by atoms with van der Waals surface area (Å²) in [7, 11) is 0. The number of thiazole rings is 1. The molecule has 0 spiro atoms. The molecule has 6 heteroatoms. The largest absolute Gasteiger partial charge is 0.309 e. The van der Waals surface area contributed by atoms with Crippen molar-refractivity contribution in [1.29, 1.82) is 0 Å². The predicted molar refractivity (Wildman–Crippen MR) is 85.5 cm³/mol. The zero-order chi connectivity index (χ0) is 14.6. The zero-order valence-corrected chi connectivity index (χ0v) is 14.1. The van der Waals surface area contributed by atoms with Gasteiger partial charge in [-0.2, -0.15) is 0 Å². The van der Waals surface area contributed by atoms with E-state index in [2.05, 4.69) is 48.0 Å². The summed E-state index contributed by atoms with van der Waals surface area (Å²) in [5, 5.41) is 10.9. The molecule has 2 aromatic heterocycles. The van der Waals surface area contributed by atoms with E-state index in [1.807, 2.05) is 6.20 Å². The Morgan fingerprint density at radius 3 is 2.70 bits per heavy atom. The number of nitrogens with zero attached hydrogens (tertiary/aromatic N) is 3. The van der Waals surface area contributed by atoms with Gasteiger partial charge in [-0.3, -0.25) is 0 Å². The molecule has 0 aliphatic heterocycles. The third-order valence-corrected chi connectivity index (χ3v) is 4.71. The minimum atomic E-state index is 0.118. The minimum absolute atomic E-state index is 0.118. The van der Waals surface area contributed by atoms with Crippen LogP contribution in [0.5, 0.6) is 0 Å². The summed E-state index contributed by atoms with van der Waals surface area (Å²) in [6.07, 6.45) is 3.88. The van der Waals surface area contributed by atoms with Gasteiger partial charge in [-0.25, -0.2) is 4.98 Å². The highest BCUT2D eigenvalue weighted by atomic mass is 32.1. The van der Waals surface area contributed by atoms with Crippen molar-refractivity contribution in [3.05, 3.63) is 27.2 Å². The topological polar surface area (TPSA) is 50.7 Å². The number of rotatable bonds is 6. The van der Waals surface area contributed by atoms with Crippen LogP contribution in [0.1, 0.15) is 55.7 Å². The smallest absolute Gasteiger partial charge is 0.0947 e. The summed E-state index contributed by atoms with van der Waals surface area (Å²) in [6.45, 7) is 9.78. The van der Waals surface area contributed by atoms with Gasteiger partial charge in [-0.05, 0) is 24.5 Å². The summed E-state index contributed by atoms with van der Waals surface area (Å²) >= 11 is 3.21. The first kappa shape index (κ1) is 15.5. The molecule has 2 aromatic rings. The highest BCUT2D eigenvalue weighted by molar-refractivity contribution is 7.09. The molecular weight excluding hydrogens is 288 g/mol. The first-order valence-corrected chi connectivity index (χ1v) is 8.61. The summed E-state index contributed by atoms with van der Waals surface area (Å²) in [6, 6.07) is 0.272. The van der Waals surface area contributed by atoms with Crippen molar-refractivity contribution < 1.29 is 0 Å². The molecule has 0 saturated carbocycles. The maximum absolute atomic E-state index is 4.78. The molecule has 4 nitrogen and oxygen atoms in total. The molecule has 0 saturated heterocycles. The molecule has 2 heterocycles. The molecule has 0 aliphatic carbocycles. The average molecular weight is 310 g/mol. The molecule has 1 N–H and O–H groups in total.